The van der Waals surface area contributed by atoms with Crippen LogP contribution in [-0.4, -0.2) is 40.8 Å². The summed E-state index contributed by atoms with van der Waals surface area (Å²) in [5, 5.41) is 4.74. The highest BCUT2D eigenvalue weighted by Crippen LogP contribution is 2.40. The van der Waals surface area contributed by atoms with E-state index in [1.807, 2.05) is 61.6 Å². The van der Waals surface area contributed by atoms with Crippen LogP contribution < -0.4 is 9.47 Å². The Bertz CT molecular complexity index is 1040. The highest BCUT2D eigenvalue weighted by atomic mass is 16.6. The Morgan fingerprint density at radius 3 is 2.59 bits per heavy atom. The highest BCUT2D eigenvalue weighted by molar-refractivity contribution is 5.93. The van der Waals surface area contributed by atoms with Crippen molar-refractivity contribution < 1.29 is 14.3 Å². The summed E-state index contributed by atoms with van der Waals surface area (Å²) in [6, 6.07) is 17.6. The molecule has 1 aliphatic carbocycles. The lowest BCUT2D eigenvalue weighted by Gasteiger charge is -2.21. The molecule has 2 aliphatic rings. The zero-order chi connectivity index (χ0) is 19.8. The smallest absolute Gasteiger partial charge is 0.272 e. The Morgan fingerprint density at radius 2 is 1.83 bits per heavy atom. The Labute approximate surface area is 169 Å². The van der Waals surface area contributed by atoms with Crippen LogP contribution in [0.15, 0.2) is 54.6 Å². The van der Waals surface area contributed by atoms with E-state index in [-0.39, 0.29) is 5.91 Å². The number of benzene rings is 2. The van der Waals surface area contributed by atoms with Gasteiger partial charge in [0, 0.05) is 19.5 Å². The van der Waals surface area contributed by atoms with Crippen molar-refractivity contribution in [1.29, 1.82) is 0 Å². The molecule has 5 rings (SSSR count). The largest absolute Gasteiger partial charge is 0.486 e. The molecule has 0 unspecified atom stereocenters. The summed E-state index contributed by atoms with van der Waals surface area (Å²) in [6.45, 7) is 1.59. The summed E-state index contributed by atoms with van der Waals surface area (Å²) in [4.78, 5) is 15.0. The number of aromatic nitrogens is 2. The van der Waals surface area contributed by atoms with Gasteiger partial charge in [-0.2, -0.15) is 5.10 Å². The molecule has 1 saturated carbocycles. The van der Waals surface area contributed by atoms with Gasteiger partial charge in [-0.15, -0.1) is 0 Å². The zero-order valence-electron chi connectivity index (χ0n) is 16.4. The molecule has 2 aromatic carbocycles. The summed E-state index contributed by atoms with van der Waals surface area (Å²) in [6.07, 6.45) is 2.29. The minimum atomic E-state index is -0.0526. The van der Waals surface area contributed by atoms with Crippen LogP contribution >= 0.6 is 0 Å². The van der Waals surface area contributed by atoms with Crippen LogP contribution in [0.5, 0.6) is 11.5 Å². The summed E-state index contributed by atoms with van der Waals surface area (Å²) in [7, 11) is 1.82. The van der Waals surface area contributed by atoms with E-state index in [0.29, 0.717) is 31.4 Å². The van der Waals surface area contributed by atoms with Crippen molar-refractivity contribution in [3.63, 3.8) is 0 Å². The first kappa shape index (κ1) is 17.8. The predicted octanol–water partition coefficient (Wildman–Crippen LogP) is 3.79. The summed E-state index contributed by atoms with van der Waals surface area (Å²) >= 11 is 0. The Morgan fingerprint density at radius 1 is 1.07 bits per heavy atom. The van der Waals surface area contributed by atoms with Crippen LogP contribution in [0.25, 0.3) is 5.69 Å². The number of para-hydroxylation sites is 1. The van der Waals surface area contributed by atoms with Gasteiger partial charge in [-0.1, -0.05) is 24.3 Å². The van der Waals surface area contributed by atoms with Gasteiger partial charge in [0.05, 0.1) is 11.4 Å². The minimum absolute atomic E-state index is 0.0526. The molecule has 1 aliphatic heterocycles. The van der Waals surface area contributed by atoms with E-state index < -0.39 is 0 Å². The maximum atomic E-state index is 13.3. The van der Waals surface area contributed by atoms with Crippen molar-refractivity contribution in [2.75, 3.05) is 20.3 Å². The van der Waals surface area contributed by atoms with Gasteiger partial charge in [-0.3, -0.25) is 4.79 Å². The van der Waals surface area contributed by atoms with Crippen molar-refractivity contribution in [3.05, 3.63) is 71.5 Å². The number of ether oxygens (including phenoxy) is 2. The topological polar surface area (TPSA) is 56.6 Å². The maximum Gasteiger partial charge on any atom is 0.272 e. The molecular weight excluding hydrogens is 366 g/mol. The van der Waals surface area contributed by atoms with Gasteiger partial charge in [-0.05, 0) is 48.7 Å². The van der Waals surface area contributed by atoms with Crippen molar-refractivity contribution >= 4 is 5.91 Å². The molecule has 1 fully saturated rings. The van der Waals surface area contributed by atoms with Crippen molar-refractivity contribution in [2.45, 2.75) is 25.3 Å². The van der Waals surface area contributed by atoms with E-state index in [4.69, 9.17) is 14.6 Å². The van der Waals surface area contributed by atoms with E-state index in [1.165, 1.54) is 0 Å². The molecule has 0 radical (unpaired) electrons. The molecule has 1 aromatic heterocycles. The average Bonchev–Trinajstić information content (AvgIpc) is 3.52. The second-order valence-corrected chi connectivity index (χ2v) is 7.62. The van der Waals surface area contributed by atoms with E-state index in [1.54, 1.807) is 9.58 Å². The molecule has 1 amide bonds. The number of nitrogens with zero attached hydrogens (tertiary/aromatic N) is 3. The van der Waals surface area contributed by atoms with E-state index >= 15 is 0 Å². The number of fused-ring (bicyclic) bond motifs is 1. The lowest BCUT2D eigenvalue weighted by molar-refractivity contribution is 0.0775. The van der Waals surface area contributed by atoms with E-state index in [0.717, 1.165) is 41.3 Å². The number of hydrogen-bond acceptors (Lipinski definition) is 4. The summed E-state index contributed by atoms with van der Waals surface area (Å²) in [5.74, 6) is 1.92. The monoisotopic (exact) mass is 389 g/mol. The van der Waals surface area contributed by atoms with Crippen LogP contribution in [0.3, 0.4) is 0 Å². The Hall–Kier alpha value is -3.28. The standard InChI is InChI=1S/C23H23N3O3/c1-25(15-16-7-10-21-22(13-16)29-12-11-28-21)23(27)20-14-19(17-8-9-17)24-26(20)18-5-3-2-4-6-18/h2-7,10,13-14,17H,8-9,11-12,15H2,1H3. The second-order valence-electron chi connectivity index (χ2n) is 7.62. The lowest BCUT2D eigenvalue weighted by Crippen LogP contribution is -2.28. The van der Waals surface area contributed by atoms with Crippen LogP contribution in [0.1, 0.15) is 40.5 Å². The lowest BCUT2D eigenvalue weighted by atomic mass is 10.1. The summed E-state index contributed by atoms with van der Waals surface area (Å²) < 4.78 is 13.0. The molecule has 3 aromatic rings. The number of carbonyl (C=O) groups excluding carboxylic acids is 1. The first-order valence-electron chi connectivity index (χ1n) is 9.98. The zero-order valence-corrected chi connectivity index (χ0v) is 16.4. The SMILES string of the molecule is CN(Cc1ccc2c(c1)OCCO2)C(=O)c1cc(C2CC2)nn1-c1ccccc1. The van der Waals surface area contributed by atoms with E-state index in [9.17, 15) is 4.79 Å². The molecule has 6 heteroatoms. The molecule has 2 heterocycles. The Kier molecular flexibility index (Phi) is 4.46. The van der Waals surface area contributed by atoms with Gasteiger partial charge in [0.15, 0.2) is 11.5 Å². The highest BCUT2D eigenvalue weighted by Gasteiger charge is 2.30. The average molecular weight is 389 g/mol. The van der Waals surface area contributed by atoms with Crippen molar-refractivity contribution in [3.8, 4) is 17.2 Å². The van der Waals surface area contributed by atoms with Gasteiger partial charge in [0.2, 0.25) is 0 Å². The second kappa shape index (κ2) is 7.28. The number of amides is 1. The van der Waals surface area contributed by atoms with Crippen LogP contribution in [0, 0.1) is 0 Å². The number of rotatable bonds is 5. The fourth-order valence-electron chi connectivity index (χ4n) is 3.62. The van der Waals surface area contributed by atoms with Gasteiger partial charge in [-0.25, -0.2) is 4.68 Å². The third kappa shape index (κ3) is 3.58. The number of carbonyl (C=O) groups is 1. The molecule has 6 nitrogen and oxygen atoms in total. The first-order valence-corrected chi connectivity index (χ1v) is 9.98. The van der Waals surface area contributed by atoms with Crippen LogP contribution in [0.2, 0.25) is 0 Å². The first-order chi connectivity index (χ1) is 14.2. The fraction of sp³-hybridized carbons (Fsp3) is 0.304. The third-order valence-corrected chi connectivity index (χ3v) is 5.32. The molecule has 0 bridgehead atoms. The van der Waals surface area contributed by atoms with Gasteiger partial charge in [0.25, 0.3) is 5.91 Å². The molecule has 0 N–H and O–H groups in total. The van der Waals surface area contributed by atoms with Gasteiger partial charge >= 0.3 is 0 Å². The molecule has 29 heavy (non-hydrogen) atoms. The van der Waals surface area contributed by atoms with Crippen molar-refractivity contribution in [1.82, 2.24) is 14.7 Å². The molecule has 0 saturated heterocycles. The molecule has 148 valence electrons. The maximum absolute atomic E-state index is 13.3. The fourth-order valence-corrected chi connectivity index (χ4v) is 3.62. The Balaban J connectivity index is 1.41. The number of hydrogen-bond donors (Lipinski definition) is 0. The van der Waals surface area contributed by atoms with Crippen LogP contribution in [0.4, 0.5) is 0 Å². The van der Waals surface area contributed by atoms with Crippen LogP contribution in [-0.2, 0) is 6.54 Å². The predicted molar refractivity (Wildman–Crippen MR) is 109 cm³/mol. The quantitative estimate of drug-likeness (QED) is 0.666. The van der Waals surface area contributed by atoms with Gasteiger partial charge < -0.3 is 14.4 Å². The third-order valence-electron chi connectivity index (χ3n) is 5.32. The van der Waals surface area contributed by atoms with E-state index in [2.05, 4.69) is 0 Å². The molecular formula is C23H23N3O3. The van der Waals surface area contributed by atoms with Gasteiger partial charge in [0.1, 0.15) is 18.9 Å². The molecule has 0 spiro atoms. The molecule has 0 atom stereocenters. The van der Waals surface area contributed by atoms with Crippen molar-refractivity contribution in [2.24, 2.45) is 0 Å². The minimum Gasteiger partial charge on any atom is -0.486 e. The summed E-state index contributed by atoms with van der Waals surface area (Å²) in [5.41, 5.74) is 3.50. The normalized spacial score (nSPS) is 15.2.